The normalized spacial score (nSPS) is 20.6. The first-order valence-electron chi connectivity index (χ1n) is 10.4. The molecule has 7 nitrogen and oxygen atoms in total. The van der Waals surface area contributed by atoms with Crippen LogP contribution in [0.3, 0.4) is 0 Å². The van der Waals surface area contributed by atoms with E-state index in [1.165, 1.54) is 0 Å². The van der Waals surface area contributed by atoms with Crippen molar-refractivity contribution in [3.05, 3.63) is 29.3 Å². The van der Waals surface area contributed by atoms with E-state index in [0.29, 0.717) is 24.7 Å². The predicted molar refractivity (Wildman–Crippen MR) is 114 cm³/mol. The number of hydrogen-bond acceptors (Lipinski definition) is 4. The van der Waals surface area contributed by atoms with E-state index in [2.05, 4.69) is 15.5 Å². The largest absolute Gasteiger partial charge is 0.376 e. The molecule has 29 heavy (non-hydrogen) atoms. The quantitative estimate of drug-likeness (QED) is 0.738. The summed E-state index contributed by atoms with van der Waals surface area (Å²) in [7, 11) is 0. The maximum atomic E-state index is 12.7. The average Bonchev–Trinajstić information content (AvgIpc) is 3.24. The molecular formula is C21H31ClN4O3. The van der Waals surface area contributed by atoms with Crippen LogP contribution in [0.4, 0.5) is 10.5 Å². The highest BCUT2D eigenvalue weighted by Crippen LogP contribution is 2.19. The molecule has 0 aromatic heterocycles. The second-order valence-electron chi connectivity index (χ2n) is 8.00. The molecule has 0 spiro atoms. The van der Waals surface area contributed by atoms with Crippen molar-refractivity contribution < 1.29 is 14.3 Å². The van der Waals surface area contributed by atoms with Gasteiger partial charge in [0.25, 0.3) is 0 Å². The molecule has 0 bridgehead atoms. The number of urea groups is 1. The van der Waals surface area contributed by atoms with Gasteiger partial charge in [0, 0.05) is 50.0 Å². The molecular weight excluding hydrogens is 392 g/mol. The third-order valence-corrected chi connectivity index (χ3v) is 5.77. The van der Waals surface area contributed by atoms with E-state index in [0.717, 1.165) is 38.2 Å². The van der Waals surface area contributed by atoms with Gasteiger partial charge in [-0.1, -0.05) is 25.4 Å². The van der Waals surface area contributed by atoms with Crippen LogP contribution in [-0.4, -0.2) is 68.3 Å². The van der Waals surface area contributed by atoms with E-state index >= 15 is 0 Å². The first-order valence-corrected chi connectivity index (χ1v) is 10.8. The number of benzene rings is 1. The van der Waals surface area contributed by atoms with Crippen molar-refractivity contribution in [2.24, 2.45) is 5.92 Å². The molecule has 8 heteroatoms. The van der Waals surface area contributed by atoms with Gasteiger partial charge in [0.05, 0.1) is 6.10 Å². The summed E-state index contributed by atoms with van der Waals surface area (Å²) in [5, 5.41) is 6.57. The summed E-state index contributed by atoms with van der Waals surface area (Å²) >= 11 is 5.95. The third-order valence-electron chi connectivity index (χ3n) is 5.51. The molecule has 2 saturated heterocycles. The minimum atomic E-state index is -0.557. The Morgan fingerprint density at radius 1 is 1.17 bits per heavy atom. The Morgan fingerprint density at radius 3 is 2.45 bits per heavy atom. The monoisotopic (exact) mass is 422 g/mol. The van der Waals surface area contributed by atoms with E-state index in [-0.39, 0.29) is 24.0 Å². The van der Waals surface area contributed by atoms with Crippen LogP contribution in [-0.2, 0) is 9.53 Å². The summed E-state index contributed by atoms with van der Waals surface area (Å²) in [6.45, 7) is 7.83. The van der Waals surface area contributed by atoms with Crippen molar-refractivity contribution in [3.63, 3.8) is 0 Å². The second-order valence-corrected chi connectivity index (χ2v) is 8.44. The zero-order chi connectivity index (χ0) is 20.8. The highest BCUT2D eigenvalue weighted by molar-refractivity contribution is 6.30. The van der Waals surface area contributed by atoms with Crippen LogP contribution in [0.1, 0.15) is 26.7 Å². The number of hydrogen-bond donors (Lipinski definition) is 2. The van der Waals surface area contributed by atoms with Crippen LogP contribution in [0.25, 0.3) is 0 Å². The Labute approximate surface area is 177 Å². The topological polar surface area (TPSA) is 73.9 Å². The number of carbonyl (C=O) groups excluding carboxylic acids is 2. The summed E-state index contributed by atoms with van der Waals surface area (Å²) < 4.78 is 5.55. The Morgan fingerprint density at radius 2 is 1.86 bits per heavy atom. The standard InChI is InChI=1S/C21H31ClN4O3/c1-15(2)19(20(27)23-14-18-4-3-13-29-18)24-21(28)26-11-9-25(10-12-26)17-7-5-16(22)6-8-17/h5-8,15,18-19H,3-4,9-14H2,1-2H3,(H,23,27)(H,24,28). The molecule has 1 aromatic rings. The number of ether oxygens (including phenoxy) is 1. The van der Waals surface area contributed by atoms with Gasteiger partial charge in [0.1, 0.15) is 6.04 Å². The second kappa shape index (κ2) is 10.2. The van der Waals surface area contributed by atoms with E-state index in [4.69, 9.17) is 16.3 Å². The summed E-state index contributed by atoms with van der Waals surface area (Å²) in [6.07, 6.45) is 2.09. The summed E-state index contributed by atoms with van der Waals surface area (Å²) in [6, 6.07) is 6.98. The first-order chi connectivity index (χ1) is 13.9. The lowest BCUT2D eigenvalue weighted by Gasteiger charge is -2.37. The summed E-state index contributed by atoms with van der Waals surface area (Å²) in [5.74, 6) is -0.151. The number of carbonyl (C=O) groups is 2. The van der Waals surface area contributed by atoms with Gasteiger partial charge < -0.3 is 25.2 Å². The van der Waals surface area contributed by atoms with Crippen molar-refractivity contribution in [2.45, 2.75) is 38.8 Å². The number of piperazine rings is 1. The van der Waals surface area contributed by atoms with Gasteiger partial charge in [-0.2, -0.15) is 0 Å². The van der Waals surface area contributed by atoms with Crippen molar-refractivity contribution in [3.8, 4) is 0 Å². The van der Waals surface area contributed by atoms with Gasteiger partial charge in [-0.25, -0.2) is 4.79 Å². The van der Waals surface area contributed by atoms with Crippen molar-refractivity contribution >= 4 is 29.2 Å². The molecule has 2 atom stereocenters. The van der Waals surface area contributed by atoms with Gasteiger partial charge in [-0.15, -0.1) is 0 Å². The highest BCUT2D eigenvalue weighted by Gasteiger charge is 2.29. The minimum Gasteiger partial charge on any atom is -0.376 e. The molecule has 2 unspecified atom stereocenters. The molecule has 2 fully saturated rings. The van der Waals surface area contributed by atoms with E-state index in [1.807, 2.05) is 38.1 Å². The Hall–Kier alpha value is -1.99. The number of nitrogens with one attached hydrogen (secondary N) is 2. The summed E-state index contributed by atoms with van der Waals surface area (Å²) in [5.41, 5.74) is 1.10. The highest BCUT2D eigenvalue weighted by atomic mass is 35.5. The third kappa shape index (κ3) is 6.00. The van der Waals surface area contributed by atoms with Gasteiger partial charge in [0.15, 0.2) is 0 Å². The number of nitrogens with zero attached hydrogens (tertiary/aromatic N) is 2. The van der Waals surface area contributed by atoms with Crippen LogP contribution in [0.15, 0.2) is 24.3 Å². The molecule has 2 aliphatic heterocycles. The van der Waals surface area contributed by atoms with E-state index in [9.17, 15) is 9.59 Å². The van der Waals surface area contributed by atoms with Crippen LogP contribution >= 0.6 is 11.6 Å². The number of anilines is 1. The first kappa shape index (κ1) is 21.7. The fourth-order valence-electron chi connectivity index (χ4n) is 3.71. The lowest BCUT2D eigenvalue weighted by atomic mass is 10.0. The van der Waals surface area contributed by atoms with Crippen molar-refractivity contribution in [1.82, 2.24) is 15.5 Å². The molecule has 0 radical (unpaired) electrons. The molecule has 0 aliphatic carbocycles. The molecule has 3 amide bonds. The Balaban J connectivity index is 1.48. The minimum absolute atomic E-state index is 0.00111. The van der Waals surface area contributed by atoms with E-state index < -0.39 is 6.04 Å². The molecule has 2 aliphatic rings. The van der Waals surface area contributed by atoms with Crippen LogP contribution in [0, 0.1) is 5.92 Å². The summed E-state index contributed by atoms with van der Waals surface area (Å²) in [4.78, 5) is 29.3. The average molecular weight is 423 g/mol. The lowest BCUT2D eigenvalue weighted by Crippen LogP contribution is -2.57. The van der Waals surface area contributed by atoms with Crippen LogP contribution < -0.4 is 15.5 Å². The molecule has 1 aromatic carbocycles. The van der Waals surface area contributed by atoms with Gasteiger partial charge >= 0.3 is 6.03 Å². The van der Waals surface area contributed by atoms with Crippen LogP contribution in [0.2, 0.25) is 5.02 Å². The van der Waals surface area contributed by atoms with Crippen LogP contribution in [0.5, 0.6) is 0 Å². The van der Waals surface area contributed by atoms with Gasteiger partial charge in [-0.3, -0.25) is 4.79 Å². The Kier molecular flexibility index (Phi) is 7.61. The van der Waals surface area contributed by atoms with Crippen molar-refractivity contribution in [2.75, 3.05) is 44.2 Å². The molecule has 3 rings (SSSR count). The van der Waals surface area contributed by atoms with Crippen molar-refractivity contribution in [1.29, 1.82) is 0 Å². The number of amides is 3. The fourth-order valence-corrected chi connectivity index (χ4v) is 3.83. The molecule has 160 valence electrons. The molecule has 2 heterocycles. The Bertz CT molecular complexity index is 684. The predicted octanol–water partition coefficient (Wildman–Crippen LogP) is 2.49. The van der Waals surface area contributed by atoms with E-state index in [1.54, 1.807) is 4.90 Å². The van der Waals surface area contributed by atoms with Gasteiger partial charge in [-0.05, 0) is 43.0 Å². The smallest absolute Gasteiger partial charge is 0.318 e. The maximum absolute atomic E-state index is 12.7. The zero-order valence-electron chi connectivity index (χ0n) is 17.2. The zero-order valence-corrected chi connectivity index (χ0v) is 18.0. The SMILES string of the molecule is CC(C)C(NC(=O)N1CCN(c2ccc(Cl)cc2)CC1)C(=O)NCC1CCCO1. The number of rotatable bonds is 6. The fraction of sp³-hybridized carbons (Fsp3) is 0.619. The maximum Gasteiger partial charge on any atom is 0.318 e. The number of halogens is 1. The van der Waals surface area contributed by atoms with Gasteiger partial charge in [0.2, 0.25) is 5.91 Å². The lowest BCUT2D eigenvalue weighted by molar-refractivity contribution is -0.124. The molecule has 0 saturated carbocycles. The molecule has 2 N–H and O–H groups in total.